The lowest BCUT2D eigenvalue weighted by molar-refractivity contribution is -0.127. The van der Waals surface area contributed by atoms with E-state index in [1.165, 1.54) is 21.1 Å². The van der Waals surface area contributed by atoms with Crippen molar-refractivity contribution in [2.24, 2.45) is 27.1 Å². The van der Waals surface area contributed by atoms with Crippen LogP contribution in [0.15, 0.2) is 154 Å². The van der Waals surface area contributed by atoms with Crippen LogP contribution in [-0.2, 0) is 127 Å². The number of hydrogen-bond acceptors (Lipinski definition) is 24. The number of fused-ring (bicyclic) bond motifs is 3. The highest BCUT2D eigenvalue weighted by atomic mass is 32.3. The van der Waals surface area contributed by atoms with Gasteiger partial charge in [-0.3, -0.25) is 69.7 Å². The summed E-state index contributed by atoms with van der Waals surface area (Å²) in [5.74, 6) is -8.87. The molecule has 0 aliphatic rings. The molecule has 0 fully saturated rings. The average Bonchev–Trinajstić information content (AvgIpc) is 0.873. The molecule has 0 spiro atoms. The summed E-state index contributed by atoms with van der Waals surface area (Å²) in [5, 5.41) is 8.61. The van der Waals surface area contributed by atoms with Crippen molar-refractivity contribution in [1.82, 2.24) is 13.7 Å². The number of carbonyl (C=O) groups is 6. The molecule has 9 rings (SSSR count). The molecule has 0 unspecified atom stereocenters. The second kappa shape index (κ2) is 27.5. The topological polar surface area (TPSA) is 679 Å². The monoisotopic (exact) mass is 1640 g/mol. The number of nitrogens with one attached hydrogen (secondary N) is 6. The first-order valence-electron chi connectivity index (χ1n) is 27.8. The average molecular weight is 1640 g/mol. The highest BCUT2D eigenvalue weighted by Gasteiger charge is 2.33. The van der Waals surface area contributed by atoms with E-state index in [1.54, 1.807) is 0 Å². The van der Waals surface area contributed by atoms with Crippen LogP contribution in [0.1, 0.15) is 44.3 Å². The molecule has 3 heterocycles. The van der Waals surface area contributed by atoms with Crippen molar-refractivity contribution in [2.45, 2.75) is 56.9 Å². The Kier molecular flexibility index (Phi) is 20.7. The van der Waals surface area contributed by atoms with Gasteiger partial charge in [0.15, 0.2) is 0 Å². The van der Waals surface area contributed by atoms with Gasteiger partial charge in [-0.05, 0) is 91.0 Å². The lowest BCUT2D eigenvalue weighted by Crippen LogP contribution is -2.30. The van der Waals surface area contributed by atoms with Crippen molar-refractivity contribution >= 4 is 193 Å². The van der Waals surface area contributed by atoms with Crippen LogP contribution in [0.4, 0.5) is 34.1 Å². The van der Waals surface area contributed by atoms with Crippen LogP contribution in [-0.4, -0.2) is 166 Å². The number of carbonyl (C=O) groups excluding carboxylic acids is 6. The molecule has 0 aliphatic heterocycles. The summed E-state index contributed by atoms with van der Waals surface area (Å²) < 4.78 is 315. The Bertz CT molecular complexity index is 6230. The van der Waals surface area contributed by atoms with Gasteiger partial charge in [0.1, 0.15) is 46.5 Å². The molecular weight excluding hydrogens is 1590 g/mol. The van der Waals surface area contributed by atoms with Crippen LogP contribution in [0.5, 0.6) is 0 Å². The zero-order chi connectivity index (χ0) is 78.5. The van der Waals surface area contributed by atoms with Gasteiger partial charge in [-0.15, -0.1) is 0 Å². The SMILES string of the molecule is Cn1cc(NC(=O)CC(CC(=O)Nc2cc(C(=O)Nc3cc(S(=O)(=O)O)c4cc(S(=O)(=O)O)cc(S(=O)(=O)O)c4c3)n(C)c2)C(=O)Nc2cc(C(=O)Nc3cc(S(=O)(=O)O)c4cc(S(=O)(=O)O)cc(S(=O)(=O)O)c4c3)n(C)c2)cc1C(=O)Nc1cc(S(=O)(=O)O)c2cc(S(=O)(=O)O)cc(S(=O)(=O)O)c2c1. The Morgan fingerprint density at radius 2 is 0.505 bits per heavy atom. The maximum Gasteiger partial charge on any atom is 0.295 e. The van der Waals surface area contributed by atoms with E-state index in [2.05, 4.69) is 31.9 Å². The van der Waals surface area contributed by atoms with Crippen LogP contribution >= 0.6 is 0 Å². The first-order valence-corrected chi connectivity index (χ1v) is 40.8. The molecule has 0 atom stereocenters. The molecule has 3 aromatic heterocycles. The first-order chi connectivity index (χ1) is 47.9. The fourth-order valence-electron chi connectivity index (χ4n) is 10.6. The standard InChI is InChI=1S/C54H47N9O33S9/c1-61-21-28(9-40(61)52(67)57-25-6-34-37(43(12-25)100(79,80)81)15-31(97(70,71)72)18-46(34)103(88,89)90)55-49(64)4-24(51(66)60-30-11-42(63(3)23-30)54(69)59-27-8-36-39(45(14-27)102(85,86)87)17-33(99(76,77)78)20-48(36)105(94,95)96)5-50(65)56-29-10-41(62(2)22-29)53(68)58-26-7-35-38(44(13-26)101(82,83)84)16-32(98(73,74)75)19-47(35)104(91,92)93/h6-24H,4-5H2,1-3H3,(H,55,64)(H,56,65)(H,57,67)(H,58,68)(H,59,69)(H,60,66)(H,70,71,72)(H,73,74,75)(H,76,77,78)(H,79,80,81)(H,82,83,84)(H,85,86,87)(H,88,89,90)(H,91,92,93)(H,94,95,96). The van der Waals surface area contributed by atoms with Gasteiger partial charge >= 0.3 is 0 Å². The van der Waals surface area contributed by atoms with Crippen LogP contribution in [0, 0.1) is 5.92 Å². The smallest absolute Gasteiger partial charge is 0.295 e. The molecule has 15 N–H and O–H groups in total. The maximum atomic E-state index is 14.4. The third-order valence-electron chi connectivity index (χ3n) is 15.0. The molecule has 0 aliphatic carbocycles. The maximum absolute atomic E-state index is 14.4. The zero-order valence-corrected chi connectivity index (χ0v) is 59.6. The Morgan fingerprint density at radius 3 is 0.733 bits per heavy atom. The highest BCUT2D eigenvalue weighted by molar-refractivity contribution is 7.88. The van der Waals surface area contributed by atoms with Gasteiger partial charge in [0, 0.05) is 102 Å². The summed E-state index contributed by atoms with van der Waals surface area (Å²) >= 11 is 0. The van der Waals surface area contributed by atoms with Crippen molar-refractivity contribution in [3.63, 3.8) is 0 Å². The molecule has 0 bridgehead atoms. The number of amides is 6. The van der Waals surface area contributed by atoms with E-state index in [9.17, 15) is 146 Å². The largest absolute Gasteiger partial charge is 0.344 e. The van der Waals surface area contributed by atoms with Gasteiger partial charge in [0.05, 0.1) is 37.7 Å². The quantitative estimate of drug-likeness (QED) is 0.0409. The third kappa shape index (κ3) is 17.7. The van der Waals surface area contributed by atoms with Gasteiger partial charge in [-0.1, -0.05) is 0 Å². The lowest BCUT2D eigenvalue weighted by atomic mass is 9.99. The van der Waals surface area contributed by atoms with E-state index in [0.717, 1.165) is 68.7 Å². The molecule has 6 aromatic carbocycles. The molecular formula is C54H47N9O33S9. The van der Waals surface area contributed by atoms with Gasteiger partial charge in [0.25, 0.3) is 109 Å². The minimum Gasteiger partial charge on any atom is -0.344 e. The van der Waals surface area contributed by atoms with Crippen molar-refractivity contribution in [3.05, 3.63) is 127 Å². The second-order valence-electron chi connectivity index (χ2n) is 22.5. The fourth-order valence-corrected chi connectivity index (χ4v) is 16.7. The van der Waals surface area contributed by atoms with E-state index >= 15 is 0 Å². The lowest BCUT2D eigenvalue weighted by Gasteiger charge is -2.16. The number of anilines is 6. The molecule has 560 valence electrons. The van der Waals surface area contributed by atoms with Crippen molar-refractivity contribution in [1.29, 1.82) is 0 Å². The normalized spacial score (nSPS) is 12.9. The zero-order valence-electron chi connectivity index (χ0n) is 52.2. The van der Waals surface area contributed by atoms with E-state index in [-0.39, 0.29) is 35.3 Å². The predicted molar refractivity (Wildman–Crippen MR) is 359 cm³/mol. The Labute approximate surface area is 590 Å². The number of nitrogens with zero attached hydrogens (tertiary/aromatic N) is 3. The van der Waals surface area contributed by atoms with E-state index in [1.807, 2.05) is 0 Å². The Morgan fingerprint density at radius 1 is 0.286 bits per heavy atom. The third-order valence-corrected chi connectivity index (χ3v) is 22.9. The summed E-state index contributed by atoms with van der Waals surface area (Å²) in [6, 6.07) is 8.67. The minimum atomic E-state index is -5.51. The summed E-state index contributed by atoms with van der Waals surface area (Å²) in [5.41, 5.74) is -4.02. The number of aryl methyl sites for hydroxylation is 3. The molecule has 42 nitrogen and oxygen atoms in total. The molecule has 9 aromatic rings. The summed E-state index contributed by atoms with van der Waals surface area (Å²) in [6.07, 6.45) is 1.26. The van der Waals surface area contributed by atoms with Crippen LogP contribution in [0.2, 0.25) is 0 Å². The summed E-state index contributed by atoms with van der Waals surface area (Å²) in [4.78, 5) is 72.5. The predicted octanol–water partition coefficient (Wildman–Crippen LogP) is 2.75. The summed E-state index contributed by atoms with van der Waals surface area (Å²) in [7, 11) is -45.3. The molecule has 6 amide bonds. The molecule has 0 saturated carbocycles. The highest BCUT2D eigenvalue weighted by Crippen LogP contribution is 2.39. The Hall–Kier alpha value is -10.1. The van der Waals surface area contributed by atoms with Crippen LogP contribution in [0.25, 0.3) is 32.3 Å². The molecule has 51 heteroatoms. The number of rotatable bonds is 23. The van der Waals surface area contributed by atoms with Gasteiger partial charge in [-0.2, -0.15) is 75.8 Å². The first kappa shape index (κ1) is 79.1. The van der Waals surface area contributed by atoms with E-state index in [4.69, 9.17) is 0 Å². The molecule has 105 heavy (non-hydrogen) atoms. The van der Waals surface area contributed by atoms with Crippen LogP contribution < -0.4 is 31.9 Å². The summed E-state index contributed by atoms with van der Waals surface area (Å²) in [6.45, 7) is 0. The minimum absolute atomic E-state index is 0.231. The van der Waals surface area contributed by atoms with Crippen LogP contribution in [0.3, 0.4) is 0 Å². The van der Waals surface area contributed by atoms with E-state index < -0.39 is 256 Å². The van der Waals surface area contributed by atoms with Gasteiger partial charge in [0.2, 0.25) is 17.7 Å². The fraction of sp³-hybridized carbons (Fsp3) is 0.111. The van der Waals surface area contributed by atoms with Gasteiger partial charge in [-0.25, -0.2) is 0 Å². The van der Waals surface area contributed by atoms with E-state index in [0.29, 0.717) is 36.4 Å². The van der Waals surface area contributed by atoms with Crippen molar-refractivity contribution in [3.8, 4) is 0 Å². The number of aromatic nitrogens is 3. The van der Waals surface area contributed by atoms with Gasteiger partial charge < -0.3 is 45.6 Å². The number of hydrogen-bond donors (Lipinski definition) is 15. The molecule has 0 saturated heterocycles. The second-order valence-corrected chi connectivity index (χ2v) is 35.1. The van der Waals surface area contributed by atoms with Crippen molar-refractivity contribution in [2.75, 3.05) is 31.9 Å². The van der Waals surface area contributed by atoms with Crippen molar-refractivity contribution < 1.29 is 146 Å². The Balaban J connectivity index is 1.01. The molecule has 0 radical (unpaired) electrons. The number of benzene rings is 6.